The van der Waals surface area contributed by atoms with Gasteiger partial charge in [-0.3, -0.25) is 19.1 Å². The molecule has 0 radical (unpaired) electrons. The lowest BCUT2D eigenvalue weighted by molar-refractivity contribution is 0.0943. The van der Waals surface area contributed by atoms with Crippen molar-refractivity contribution in [1.29, 1.82) is 0 Å². The van der Waals surface area contributed by atoms with Crippen LogP contribution in [0.25, 0.3) is 11.0 Å². The molecule has 148 valence electrons. The van der Waals surface area contributed by atoms with E-state index in [9.17, 15) is 14.4 Å². The lowest BCUT2D eigenvalue weighted by Gasteiger charge is -2.27. The number of halogens is 2. The molecule has 0 aromatic carbocycles. The van der Waals surface area contributed by atoms with Gasteiger partial charge in [0.1, 0.15) is 0 Å². The van der Waals surface area contributed by atoms with Crippen molar-refractivity contribution in [2.75, 3.05) is 19.6 Å². The van der Waals surface area contributed by atoms with E-state index in [1.807, 2.05) is 6.92 Å². The average molecular weight is 416 g/mol. The fraction of sp³-hybridized carbons (Fsp3) is 0.529. The number of aryl methyl sites for hydroxylation is 1. The molecule has 2 aromatic heterocycles. The molecule has 3 N–H and O–H groups in total. The highest BCUT2D eigenvalue weighted by molar-refractivity contribution is 6.05. The first kappa shape index (κ1) is 21.4. The first-order valence-electron chi connectivity index (χ1n) is 8.75. The van der Waals surface area contributed by atoms with Gasteiger partial charge in [-0.05, 0) is 25.8 Å². The van der Waals surface area contributed by atoms with Crippen LogP contribution in [0.4, 0.5) is 0 Å². The van der Waals surface area contributed by atoms with E-state index in [0.717, 1.165) is 31.6 Å². The topological polar surface area (TPSA) is 109 Å². The smallest absolute Gasteiger partial charge is 0.329 e. The Hall–Kier alpha value is -1.90. The Kier molecular flexibility index (Phi) is 6.67. The van der Waals surface area contributed by atoms with Gasteiger partial charge in [0.15, 0.2) is 5.65 Å². The quantitative estimate of drug-likeness (QED) is 0.668. The molecule has 10 heteroatoms. The largest absolute Gasteiger partial charge is 0.352 e. The van der Waals surface area contributed by atoms with Gasteiger partial charge < -0.3 is 10.6 Å². The first-order valence-corrected chi connectivity index (χ1v) is 8.75. The maximum atomic E-state index is 12.7. The van der Waals surface area contributed by atoms with Gasteiger partial charge in [0.25, 0.3) is 11.5 Å². The van der Waals surface area contributed by atoms with Gasteiger partial charge in [0, 0.05) is 43.7 Å². The third-order valence-electron chi connectivity index (χ3n) is 4.94. The van der Waals surface area contributed by atoms with Crippen molar-refractivity contribution in [2.45, 2.75) is 32.2 Å². The van der Waals surface area contributed by atoms with Crippen molar-refractivity contribution >= 4 is 41.8 Å². The maximum absolute atomic E-state index is 12.7. The van der Waals surface area contributed by atoms with Crippen LogP contribution in [0, 0.1) is 5.92 Å². The van der Waals surface area contributed by atoms with Gasteiger partial charge in [-0.1, -0.05) is 0 Å². The lowest BCUT2D eigenvalue weighted by atomic mass is 10.0. The summed E-state index contributed by atoms with van der Waals surface area (Å²) in [5.41, 5.74) is 0.344. The standard InChI is InChI=1S/C17H21N5O3.2ClH/c1-2-22-14-13(16(24)21-17(22)25)11(5-12(20-14)10-3-4-10)15(23)19-8-9-6-18-7-9;;/h5,9-10,18H,2-4,6-8H2,1H3,(H,19,23)(H,21,24,25);2*1H. The highest BCUT2D eigenvalue weighted by Crippen LogP contribution is 2.39. The summed E-state index contributed by atoms with van der Waals surface area (Å²) < 4.78 is 1.41. The number of H-pyrrole nitrogens is 1. The molecule has 1 aliphatic carbocycles. The normalized spacial score (nSPS) is 16.2. The second kappa shape index (κ2) is 8.41. The fourth-order valence-corrected chi connectivity index (χ4v) is 3.18. The van der Waals surface area contributed by atoms with Gasteiger partial charge in [0.05, 0.1) is 10.9 Å². The third-order valence-corrected chi connectivity index (χ3v) is 4.94. The van der Waals surface area contributed by atoms with E-state index in [2.05, 4.69) is 20.6 Å². The summed E-state index contributed by atoms with van der Waals surface area (Å²) in [5, 5.41) is 6.26. The highest BCUT2D eigenvalue weighted by atomic mass is 35.5. The number of hydrogen-bond donors (Lipinski definition) is 3. The van der Waals surface area contributed by atoms with Crippen LogP contribution in [0.2, 0.25) is 0 Å². The van der Waals surface area contributed by atoms with E-state index in [1.165, 1.54) is 4.57 Å². The van der Waals surface area contributed by atoms with Crippen LogP contribution in [0.3, 0.4) is 0 Å². The average Bonchev–Trinajstić information content (AvgIpc) is 3.37. The molecule has 8 nitrogen and oxygen atoms in total. The zero-order chi connectivity index (χ0) is 17.6. The summed E-state index contributed by atoms with van der Waals surface area (Å²) in [6.45, 7) is 4.54. The summed E-state index contributed by atoms with van der Waals surface area (Å²) in [5.74, 6) is 0.451. The molecule has 2 fully saturated rings. The van der Waals surface area contributed by atoms with Gasteiger partial charge in [-0.25, -0.2) is 9.78 Å². The summed E-state index contributed by atoms with van der Waals surface area (Å²) in [6.07, 6.45) is 2.04. The number of rotatable bonds is 5. The Bertz CT molecular complexity index is 963. The van der Waals surface area contributed by atoms with E-state index in [-0.39, 0.29) is 36.1 Å². The molecule has 4 rings (SSSR count). The van der Waals surface area contributed by atoms with Gasteiger partial charge >= 0.3 is 5.69 Å². The molecule has 27 heavy (non-hydrogen) atoms. The van der Waals surface area contributed by atoms with Crippen LogP contribution in [-0.2, 0) is 6.54 Å². The van der Waals surface area contributed by atoms with E-state index < -0.39 is 11.2 Å². The Labute approximate surface area is 168 Å². The van der Waals surface area contributed by atoms with Crippen molar-refractivity contribution < 1.29 is 4.79 Å². The zero-order valence-electron chi connectivity index (χ0n) is 14.9. The molecular formula is C17H23Cl2N5O3. The molecule has 3 heterocycles. The predicted molar refractivity (Wildman–Crippen MR) is 107 cm³/mol. The third kappa shape index (κ3) is 4.02. The lowest BCUT2D eigenvalue weighted by Crippen LogP contribution is -2.48. The Morgan fingerprint density at radius 1 is 1.30 bits per heavy atom. The monoisotopic (exact) mass is 415 g/mol. The van der Waals surface area contributed by atoms with Crippen molar-refractivity contribution in [2.24, 2.45) is 5.92 Å². The molecule has 1 amide bonds. The van der Waals surface area contributed by atoms with Crippen LogP contribution >= 0.6 is 24.8 Å². The number of carbonyl (C=O) groups is 1. The number of amides is 1. The second-order valence-electron chi connectivity index (χ2n) is 6.81. The molecule has 0 atom stereocenters. The minimum Gasteiger partial charge on any atom is -0.352 e. The van der Waals surface area contributed by atoms with E-state index in [4.69, 9.17) is 0 Å². The number of aromatic amines is 1. The van der Waals surface area contributed by atoms with Crippen LogP contribution in [0.1, 0.15) is 41.7 Å². The Morgan fingerprint density at radius 2 is 2.00 bits per heavy atom. The zero-order valence-corrected chi connectivity index (χ0v) is 16.5. The SMILES string of the molecule is CCn1c(=O)[nH]c(=O)c2c(C(=O)NCC3CNC3)cc(C3CC3)nc21.Cl.Cl. The number of nitrogens with one attached hydrogen (secondary N) is 3. The number of nitrogens with zero attached hydrogens (tertiary/aromatic N) is 2. The maximum Gasteiger partial charge on any atom is 0.329 e. The van der Waals surface area contributed by atoms with Crippen molar-refractivity contribution in [3.05, 3.63) is 38.2 Å². The molecular weight excluding hydrogens is 393 g/mol. The molecule has 0 spiro atoms. The van der Waals surface area contributed by atoms with Gasteiger partial charge in [-0.15, -0.1) is 24.8 Å². The summed E-state index contributed by atoms with van der Waals surface area (Å²) in [6, 6.07) is 1.72. The first-order chi connectivity index (χ1) is 12.1. The van der Waals surface area contributed by atoms with Crippen LogP contribution in [0.15, 0.2) is 15.7 Å². The molecule has 2 aromatic rings. The molecule has 0 bridgehead atoms. The van der Waals surface area contributed by atoms with Gasteiger partial charge in [0.2, 0.25) is 0 Å². The van der Waals surface area contributed by atoms with E-state index >= 15 is 0 Å². The molecule has 1 saturated heterocycles. The van der Waals surface area contributed by atoms with Crippen molar-refractivity contribution in [1.82, 2.24) is 25.2 Å². The van der Waals surface area contributed by atoms with E-state index in [0.29, 0.717) is 36.1 Å². The molecule has 0 unspecified atom stereocenters. The minimum atomic E-state index is -0.560. The van der Waals surface area contributed by atoms with Gasteiger partial charge in [-0.2, -0.15) is 0 Å². The number of fused-ring (bicyclic) bond motifs is 1. The number of pyridine rings is 1. The summed E-state index contributed by atoms with van der Waals surface area (Å²) in [4.78, 5) is 44.1. The highest BCUT2D eigenvalue weighted by Gasteiger charge is 2.29. The second-order valence-corrected chi connectivity index (χ2v) is 6.81. The van der Waals surface area contributed by atoms with Crippen LogP contribution < -0.4 is 21.9 Å². The number of aromatic nitrogens is 3. The Balaban J connectivity index is 0.00000131. The number of hydrogen-bond acceptors (Lipinski definition) is 5. The summed E-state index contributed by atoms with van der Waals surface area (Å²) >= 11 is 0. The molecule has 1 saturated carbocycles. The van der Waals surface area contributed by atoms with Crippen LogP contribution in [-0.4, -0.2) is 40.1 Å². The van der Waals surface area contributed by atoms with Crippen molar-refractivity contribution in [3.8, 4) is 0 Å². The summed E-state index contributed by atoms with van der Waals surface area (Å²) in [7, 11) is 0. The van der Waals surface area contributed by atoms with Crippen LogP contribution in [0.5, 0.6) is 0 Å². The fourth-order valence-electron chi connectivity index (χ4n) is 3.18. The van der Waals surface area contributed by atoms with Crippen molar-refractivity contribution in [3.63, 3.8) is 0 Å². The number of carbonyl (C=O) groups excluding carboxylic acids is 1. The predicted octanol–water partition coefficient (Wildman–Crippen LogP) is 0.775. The van der Waals surface area contributed by atoms with E-state index in [1.54, 1.807) is 6.07 Å². The molecule has 1 aliphatic heterocycles. The Morgan fingerprint density at radius 3 is 2.56 bits per heavy atom. The molecule has 2 aliphatic rings. The minimum absolute atomic E-state index is 0.